The molecule has 0 radical (unpaired) electrons. The number of alkyl halides is 3. The predicted molar refractivity (Wildman–Crippen MR) is 85.2 cm³/mol. The van der Waals surface area contributed by atoms with Crippen LogP contribution >= 0.6 is 11.6 Å². The highest BCUT2D eigenvalue weighted by atomic mass is 35.5. The lowest BCUT2D eigenvalue weighted by atomic mass is 10.1. The van der Waals surface area contributed by atoms with Crippen LogP contribution in [0.2, 0.25) is 5.02 Å². The van der Waals surface area contributed by atoms with Gasteiger partial charge in [0.15, 0.2) is 0 Å². The number of nitriles is 1. The van der Waals surface area contributed by atoms with Crippen LogP contribution in [0.25, 0.3) is 0 Å². The molecule has 0 spiro atoms. The highest BCUT2D eigenvalue weighted by molar-refractivity contribution is 6.32. The first kappa shape index (κ1) is 19.4. The summed E-state index contributed by atoms with van der Waals surface area (Å²) in [5.41, 5.74) is -1.38. The third-order valence-corrected chi connectivity index (χ3v) is 3.51. The van der Waals surface area contributed by atoms with E-state index in [1.807, 2.05) is 0 Å². The number of ether oxygens (including phenoxy) is 2. The molecule has 26 heavy (non-hydrogen) atoms. The Morgan fingerprint density at radius 1 is 1.23 bits per heavy atom. The smallest absolute Gasteiger partial charge is 0.416 e. The molecule has 0 amide bonds. The number of carboxylic acid groups (broad SMARTS) is 1. The van der Waals surface area contributed by atoms with Crippen LogP contribution < -0.4 is 9.47 Å². The molecule has 0 saturated carbocycles. The fourth-order valence-corrected chi connectivity index (χ4v) is 2.11. The topological polar surface area (TPSA) is 79.5 Å². The van der Waals surface area contributed by atoms with Crippen molar-refractivity contribution in [1.82, 2.24) is 0 Å². The molecule has 1 N–H and O–H groups in total. The SMILES string of the molecule is N#Cc1cc(C(F)(F)F)ccc1OCC(Oc1ccccc1Cl)C(=O)O. The monoisotopic (exact) mass is 385 g/mol. The quantitative estimate of drug-likeness (QED) is 0.808. The average molecular weight is 386 g/mol. The normalized spacial score (nSPS) is 12.1. The Balaban J connectivity index is 2.16. The zero-order chi connectivity index (χ0) is 19.3. The first-order chi connectivity index (χ1) is 12.2. The minimum absolute atomic E-state index is 0.109. The number of rotatable bonds is 6. The molecule has 0 aliphatic heterocycles. The molecule has 0 bridgehead atoms. The van der Waals surface area contributed by atoms with Crippen molar-refractivity contribution in [1.29, 1.82) is 5.26 Å². The molecule has 1 atom stereocenters. The van der Waals surface area contributed by atoms with Crippen molar-refractivity contribution in [2.75, 3.05) is 6.61 Å². The number of hydrogen-bond acceptors (Lipinski definition) is 4. The van der Waals surface area contributed by atoms with E-state index < -0.39 is 30.4 Å². The zero-order valence-corrected chi connectivity index (χ0v) is 13.7. The molecule has 1 unspecified atom stereocenters. The van der Waals surface area contributed by atoms with Gasteiger partial charge in [0.25, 0.3) is 0 Å². The number of benzene rings is 2. The molecule has 0 saturated heterocycles. The largest absolute Gasteiger partial charge is 0.488 e. The van der Waals surface area contributed by atoms with E-state index in [-0.39, 0.29) is 22.1 Å². The van der Waals surface area contributed by atoms with Gasteiger partial charge in [0, 0.05) is 0 Å². The van der Waals surface area contributed by atoms with E-state index in [4.69, 9.17) is 26.3 Å². The molecule has 2 rings (SSSR count). The first-order valence-corrected chi connectivity index (χ1v) is 7.48. The minimum atomic E-state index is -4.61. The van der Waals surface area contributed by atoms with Crippen LogP contribution in [-0.2, 0) is 11.0 Å². The Bertz CT molecular complexity index is 849. The van der Waals surface area contributed by atoms with Gasteiger partial charge in [0.2, 0.25) is 6.10 Å². The van der Waals surface area contributed by atoms with E-state index in [1.54, 1.807) is 18.2 Å². The van der Waals surface area contributed by atoms with Gasteiger partial charge in [-0.1, -0.05) is 23.7 Å². The Kier molecular flexibility index (Phi) is 5.95. The summed E-state index contributed by atoms with van der Waals surface area (Å²) in [7, 11) is 0. The number of para-hydroxylation sites is 1. The van der Waals surface area contributed by atoms with Gasteiger partial charge in [-0.25, -0.2) is 4.79 Å². The van der Waals surface area contributed by atoms with Crippen LogP contribution in [0.15, 0.2) is 42.5 Å². The van der Waals surface area contributed by atoms with E-state index in [0.29, 0.717) is 6.07 Å². The highest BCUT2D eigenvalue weighted by Gasteiger charge is 2.31. The van der Waals surface area contributed by atoms with Crippen LogP contribution in [0.5, 0.6) is 11.5 Å². The first-order valence-electron chi connectivity index (χ1n) is 7.10. The maximum absolute atomic E-state index is 12.7. The van der Waals surface area contributed by atoms with Crippen LogP contribution in [0.3, 0.4) is 0 Å². The van der Waals surface area contributed by atoms with E-state index in [2.05, 4.69) is 0 Å². The second-order valence-corrected chi connectivity index (χ2v) is 5.41. The molecule has 0 heterocycles. The van der Waals surface area contributed by atoms with Crippen molar-refractivity contribution in [3.05, 3.63) is 58.6 Å². The number of carbonyl (C=O) groups is 1. The van der Waals surface area contributed by atoms with Gasteiger partial charge in [-0.2, -0.15) is 18.4 Å². The molecule has 9 heteroatoms. The van der Waals surface area contributed by atoms with Crippen LogP contribution in [0, 0.1) is 11.3 Å². The molecule has 0 aliphatic carbocycles. The minimum Gasteiger partial charge on any atom is -0.488 e. The summed E-state index contributed by atoms with van der Waals surface area (Å²) in [4.78, 5) is 11.3. The fraction of sp³-hybridized carbons (Fsp3) is 0.176. The van der Waals surface area contributed by atoms with Gasteiger partial charge >= 0.3 is 12.1 Å². The lowest BCUT2D eigenvalue weighted by Crippen LogP contribution is -2.33. The standard InChI is InChI=1S/C17H11ClF3NO4/c18-12-3-1-2-4-14(12)26-15(16(23)24)9-25-13-6-5-11(17(19,20)21)7-10(13)8-22/h1-7,15H,9H2,(H,23,24). The van der Waals surface area contributed by atoms with Gasteiger partial charge in [0.05, 0.1) is 16.1 Å². The third-order valence-electron chi connectivity index (χ3n) is 3.20. The van der Waals surface area contributed by atoms with Crippen LogP contribution in [0.1, 0.15) is 11.1 Å². The van der Waals surface area contributed by atoms with E-state index in [9.17, 15) is 23.1 Å². The Morgan fingerprint density at radius 2 is 1.92 bits per heavy atom. The van der Waals surface area contributed by atoms with Gasteiger partial charge in [-0.05, 0) is 30.3 Å². The Morgan fingerprint density at radius 3 is 2.50 bits per heavy atom. The number of halogens is 4. The lowest BCUT2D eigenvalue weighted by Gasteiger charge is -2.17. The maximum Gasteiger partial charge on any atom is 0.416 e. The maximum atomic E-state index is 12.7. The Hall–Kier alpha value is -2.92. The van der Waals surface area contributed by atoms with Crippen molar-refractivity contribution >= 4 is 17.6 Å². The van der Waals surface area contributed by atoms with E-state index in [0.717, 1.165) is 12.1 Å². The lowest BCUT2D eigenvalue weighted by molar-refractivity contribution is -0.146. The van der Waals surface area contributed by atoms with Crippen molar-refractivity contribution in [2.45, 2.75) is 12.3 Å². The van der Waals surface area contributed by atoms with Crippen molar-refractivity contribution < 1.29 is 32.5 Å². The molecule has 0 aliphatic rings. The fourth-order valence-electron chi connectivity index (χ4n) is 1.93. The van der Waals surface area contributed by atoms with Crippen LogP contribution in [0.4, 0.5) is 13.2 Å². The number of carboxylic acids is 1. The zero-order valence-electron chi connectivity index (χ0n) is 13.0. The second-order valence-electron chi connectivity index (χ2n) is 5.01. The second kappa shape index (κ2) is 7.97. The number of hydrogen-bond donors (Lipinski definition) is 1. The molecule has 0 fully saturated rings. The van der Waals surface area contributed by atoms with Crippen LogP contribution in [-0.4, -0.2) is 23.8 Å². The molecule has 5 nitrogen and oxygen atoms in total. The summed E-state index contributed by atoms with van der Waals surface area (Å²) in [5, 5.41) is 18.4. The molecule has 2 aromatic carbocycles. The molecule has 2 aromatic rings. The van der Waals surface area contributed by atoms with Crippen molar-refractivity contribution in [2.24, 2.45) is 0 Å². The summed E-state index contributed by atoms with van der Waals surface area (Å²) >= 11 is 5.89. The third kappa shape index (κ3) is 4.80. The van der Waals surface area contributed by atoms with Crippen molar-refractivity contribution in [3.63, 3.8) is 0 Å². The molecular weight excluding hydrogens is 375 g/mol. The van der Waals surface area contributed by atoms with Crippen molar-refractivity contribution in [3.8, 4) is 17.6 Å². The Labute approximate surface area is 151 Å². The molecular formula is C17H11ClF3NO4. The number of aliphatic carboxylic acids is 1. The molecule has 136 valence electrons. The molecule has 0 aromatic heterocycles. The summed E-state index contributed by atoms with van der Waals surface area (Å²) in [6, 6.07) is 10.1. The predicted octanol–water partition coefficient (Wildman–Crippen LogP) is 4.14. The van der Waals surface area contributed by atoms with E-state index in [1.165, 1.54) is 12.1 Å². The average Bonchev–Trinajstić information content (AvgIpc) is 2.58. The van der Waals surface area contributed by atoms with E-state index >= 15 is 0 Å². The summed E-state index contributed by atoms with van der Waals surface area (Å²) in [6.07, 6.45) is -6.09. The summed E-state index contributed by atoms with van der Waals surface area (Å²) in [6.45, 7) is -0.541. The van der Waals surface area contributed by atoms with Gasteiger partial charge in [-0.3, -0.25) is 0 Å². The summed E-state index contributed by atoms with van der Waals surface area (Å²) in [5.74, 6) is -1.44. The number of nitrogens with zero attached hydrogens (tertiary/aromatic N) is 1. The van der Waals surface area contributed by atoms with Gasteiger partial charge in [-0.15, -0.1) is 0 Å². The highest BCUT2D eigenvalue weighted by Crippen LogP contribution is 2.32. The summed E-state index contributed by atoms with van der Waals surface area (Å²) < 4.78 is 48.5. The van der Waals surface area contributed by atoms with Gasteiger partial charge < -0.3 is 14.6 Å². The van der Waals surface area contributed by atoms with Gasteiger partial charge in [0.1, 0.15) is 24.2 Å².